The molecule has 0 aliphatic heterocycles. The van der Waals surface area contributed by atoms with Crippen molar-refractivity contribution in [2.75, 3.05) is 12.8 Å². The van der Waals surface area contributed by atoms with Crippen molar-refractivity contribution in [3.8, 4) is 0 Å². The van der Waals surface area contributed by atoms with E-state index in [1.165, 1.54) is 39.1 Å². The summed E-state index contributed by atoms with van der Waals surface area (Å²) in [5.41, 5.74) is 2.68. The summed E-state index contributed by atoms with van der Waals surface area (Å²) in [5, 5.41) is 4.26. The first-order valence-corrected chi connectivity index (χ1v) is 11.9. The van der Waals surface area contributed by atoms with Crippen LogP contribution < -0.4 is 0 Å². The van der Waals surface area contributed by atoms with Crippen molar-refractivity contribution >= 4 is 50.6 Å². The zero-order chi connectivity index (χ0) is 19.0. The van der Waals surface area contributed by atoms with E-state index < -0.39 is 0 Å². The molecule has 27 heavy (non-hydrogen) atoms. The molecule has 4 nitrogen and oxygen atoms in total. The summed E-state index contributed by atoms with van der Waals surface area (Å²) in [7, 11) is 1.88. The molecular formula is C20H23N3OS3. The molecule has 0 saturated heterocycles. The molecule has 3 heterocycles. The molecule has 1 aliphatic carbocycles. The Kier molecular flexibility index (Phi) is 5.53. The normalized spacial score (nSPS) is 13.7. The van der Waals surface area contributed by atoms with Crippen LogP contribution in [0.1, 0.15) is 39.5 Å². The second-order valence-electron chi connectivity index (χ2n) is 7.03. The van der Waals surface area contributed by atoms with Gasteiger partial charge in [-0.3, -0.25) is 4.79 Å². The Morgan fingerprint density at radius 3 is 2.85 bits per heavy atom. The summed E-state index contributed by atoms with van der Waals surface area (Å²) < 4.78 is 0. The lowest BCUT2D eigenvalue weighted by atomic mass is 9.97. The molecule has 1 amide bonds. The van der Waals surface area contributed by atoms with Gasteiger partial charge < -0.3 is 4.90 Å². The molecule has 0 fully saturated rings. The van der Waals surface area contributed by atoms with Gasteiger partial charge >= 0.3 is 0 Å². The fourth-order valence-electron chi connectivity index (χ4n) is 3.44. The Labute approximate surface area is 172 Å². The number of carbonyl (C=O) groups excluding carboxylic acids is 1. The lowest BCUT2D eigenvalue weighted by molar-refractivity contribution is -0.127. The summed E-state index contributed by atoms with van der Waals surface area (Å²) in [6.45, 7) is 4.71. The number of thiophene rings is 2. The first kappa shape index (κ1) is 18.9. The highest BCUT2D eigenvalue weighted by molar-refractivity contribution is 8.00. The minimum absolute atomic E-state index is 0.140. The van der Waals surface area contributed by atoms with Gasteiger partial charge in [-0.15, -0.1) is 22.7 Å². The number of fused-ring (bicyclic) bond motifs is 3. The molecular weight excluding hydrogens is 394 g/mol. The first-order chi connectivity index (χ1) is 13.0. The van der Waals surface area contributed by atoms with Gasteiger partial charge in [0.2, 0.25) is 5.91 Å². The van der Waals surface area contributed by atoms with Crippen molar-refractivity contribution < 1.29 is 4.79 Å². The minimum Gasteiger partial charge on any atom is -0.340 e. The fourth-order valence-corrected chi connectivity index (χ4v) is 6.81. The number of nitrogens with zero attached hydrogens (tertiary/aromatic N) is 3. The van der Waals surface area contributed by atoms with Crippen LogP contribution in [0.5, 0.6) is 0 Å². The van der Waals surface area contributed by atoms with E-state index in [4.69, 9.17) is 4.98 Å². The Morgan fingerprint density at radius 1 is 1.26 bits per heavy atom. The maximum atomic E-state index is 12.7. The molecule has 0 saturated carbocycles. The lowest BCUT2D eigenvalue weighted by Gasteiger charge is -2.17. The van der Waals surface area contributed by atoms with Crippen molar-refractivity contribution in [2.24, 2.45) is 0 Å². The van der Waals surface area contributed by atoms with Crippen LogP contribution in [0.4, 0.5) is 0 Å². The van der Waals surface area contributed by atoms with Gasteiger partial charge in [0, 0.05) is 22.2 Å². The molecule has 1 aliphatic rings. The van der Waals surface area contributed by atoms with E-state index in [9.17, 15) is 4.79 Å². The van der Waals surface area contributed by atoms with Gasteiger partial charge in [-0.1, -0.05) is 11.8 Å². The quantitative estimate of drug-likeness (QED) is 0.433. The van der Waals surface area contributed by atoms with Gasteiger partial charge in [-0.2, -0.15) is 0 Å². The number of hydrogen-bond donors (Lipinski definition) is 0. The van der Waals surface area contributed by atoms with Crippen LogP contribution in [0.15, 0.2) is 16.5 Å². The topological polar surface area (TPSA) is 46.1 Å². The van der Waals surface area contributed by atoms with E-state index in [1.54, 1.807) is 23.1 Å². The zero-order valence-corrected chi connectivity index (χ0v) is 18.3. The van der Waals surface area contributed by atoms with Crippen molar-refractivity contribution in [3.05, 3.63) is 38.2 Å². The highest BCUT2D eigenvalue weighted by atomic mass is 32.2. The van der Waals surface area contributed by atoms with Gasteiger partial charge in [0.1, 0.15) is 15.7 Å². The molecule has 0 spiro atoms. The van der Waals surface area contributed by atoms with Crippen molar-refractivity contribution in [1.82, 2.24) is 14.9 Å². The number of aryl methyl sites for hydroxylation is 4. The molecule has 0 bridgehead atoms. The third kappa shape index (κ3) is 3.91. The molecule has 0 radical (unpaired) electrons. The van der Waals surface area contributed by atoms with Crippen LogP contribution in [-0.4, -0.2) is 33.6 Å². The zero-order valence-electron chi connectivity index (χ0n) is 15.9. The molecule has 0 aromatic carbocycles. The average molecular weight is 418 g/mol. The smallest absolute Gasteiger partial charge is 0.233 e. The van der Waals surface area contributed by atoms with E-state index in [-0.39, 0.29) is 5.91 Å². The van der Waals surface area contributed by atoms with Crippen molar-refractivity contribution in [3.63, 3.8) is 0 Å². The van der Waals surface area contributed by atoms with Crippen LogP contribution >= 0.6 is 34.4 Å². The number of hydrogen-bond acceptors (Lipinski definition) is 6. The Hall–Kier alpha value is -1.44. The van der Waals surface area contributed by atoms with E-state index >= 15 is 0 Å². The highest BCUT2D eigenvalue weighted by Crippen LogP contribution is 2.39. The molecule has 0 atom stereocenters. The molecule has 3 aromatic heterocycles. The fraction of sp³-hybridized carbons (Fsp3) is 0.450. The summed E-state index contributed by atoms with van der Waals surface area (Å²) >= 11 is 5.09. The van der Waals surface area contributed by atoms with Crippen LogP contribution in [0.3, 0.4) is 0 Å². The molecule has 0 unspecified atom stereocenters. The largest absolute Gasteiger partial charge is 0.340 e. The summed E-state index contributed by atoms with van der Waals surface area (Å²) in [4.78, 5) is 27.7. The van der Waals surface area contributed by atoms with Gasteiger partial charge in [-0.25, -0.2) is 9.97 Å². The van der Waals surface area contributed by atoms with E-state index in [0.717, 1.165) is 28.5 Å². The van der Waals surface area contributed by atoms with Crippen molar-refractivity contribution in [1.29, 1.82) is 0 Å². The average Bonchev–Trinajstić information content (AvgIpc) is 3.22. The van der Waals surface area contributed by atoms with E-state index in [0.29, 0.717) is 12.3 Å². The number of rotatable bonds is 5. The van der Waals surface area contributed by atoms with Crippen LogP contribution in [-0.2, 0) is 24.2 Å². The summed E-state index contributed by atoms with van der Waals surface area (Å²) in [6.07, 6.45) is 4.76. The Balaban J connectivity index is 1.52. The maximum absolute atomic E-state index is 12.7. The minimum atomic E-state index is 0.140. The molecule has 142 valence electrons. The summed E-state index contributed by atoms with van der Waals surface area (Å²) in [6, 6.07) is 2.10. The van der Waals surface area contributed by atoms with Gasteiger partial charge in [0.25, 0.3) is 0 Å². The van der Waals surface area contributed by atoms with Crippen LogP contribution in [0.25, 0.3) is 10.2 Å². The Morgan fingerprint density at radius 2 is 2.07 bits per heavy atom. The standard InChI is InChI=1S/C20H23N3OS3/c1-12-8-9-25-16(12)10-23(3)17(24)11-26-19-18-14-6-4-5-7-15(14)27-20(18)22-13(2)21-19/h8-9H,4-7,10-11H2,1-3H3. The number of amides is 1. The van der Waals surface area contributed by atoms with Gasteiger partial charge in [0.15, 0.2) is 0 Å². The van der Waals surface area contributed by atoms with Gasteiger partial charge in [0.05, 0.1) is 12.3 Å². The number of thioether (sulfide) groups is 1. The molecule has 0 N–H and O–H groups in total. The molecule has 3 aromatic rings. The number of aromatic nitrogens is 2. The van der Waals surface area contributed by atoms with E-state index in [2.05, 4.69) is 23.4 Å². The maximum Gasteiger partial charge on any atom is 0.233 e. The van der Waals surface area contributed by atoms with Crippen LogP contribution in [0.2, 0.25) is 0 Å². The second-order valence-corrected chi connectivity index (χ2v) is 10.1. The predicted molar refractivity (Wildman–Crippen MR) is 115 cm³/mol. The molecule has 4 rings (SSSR count). The summed E-state index contributed by atoms with van der Waals surface area (Å²) in [5.74, 6) is 1.34. The monoisotopic (exact) mass is 417 g/mol. The van der Waals surface area contributed by atoms with E-state index in [1.807, 2.05) is 30.2 Å². The van der Waals surface area contributed by atoms with Crippen LogP contribution in [0, 0.1) is 13.8 Å². The first-order valence-electron chi connectivity index (χ1n) is 9.21. The third-order valence-corrected chi connectivity index (χ3v) is 8.15. The highest BCUT2D eigenvalue weighted by Gasteiger charge is 2.21. The van der Waals surface area contributed by atoms with Crippen molar-refractivity contribution in [2.45, 2.75) is 51.1 Å². The number of carbonyl (C=O) groups is 1. The van der Waals surface area contributed by atoms with Gasteiger partial charge in [-0.05, 0) is 62.1 Å². The molecule has 7 heteroatoms. The second kappa shape index (κ2) is 7.89. The lowest BCUT2D eigenvalue weighted by Crippen LogP contribution is -2.27. The Bertz CT molecular complexity index is 992. The predicted octanol–water partition coefficient (Wildman–Crippen LogP) is 5.00. The third-order valence-electron chi connectivity index (χ3n) is 5.00. The SMILES string of the molecule is Cc1nc(SCC(=O)N(C)Cc2sccc2C)c2c3c(sc2n1)CCCC3.